The van der Waals surface area contributed by atoms with Gasteiger partial charge in [0.15, 0.2) is 0 Å². The molecular weight excluding hydrogens is 288 g/mol. The maximum Gasteiger partial charge on any atom is 0.271 e. The van der Waals surface area contributed by atoms with Gasteiger partial charge in [0.2, 0.25) is 11.8 Å². The zero-order chi connectivity index (χ0) is 14.7. The summed E-state index contributed by atoms with van der Waals surface area (Å²) in [6.07, 6.45) is 0. The van der Waals surface area contributed by atoms with Crippen molar-refractivity contribution in [1.82, 2.24) is 10.6 Å². The van der Waals surface area contributed by atoms with Crippen LogP contribution >= 0.6 is 11.6 Å². The fraction of sp³-hybridized carbons (Fsp3) is 0.273. The highest BCUT2D eigenvalue weighted by molar-refractivity contribution is 6.33. The van der Waals surface area contributed by atoms with E-state index in [0.29, 0.717) is 0 Å². The van der Waals surface area contributed by atoms with Crippen LogP contribution in [0.15, 0.2) is 18.2 Å². The first-order valence-corrected chi connectivity index (χ1v) is 6.10. The molecule has 1 unspecified atom stereocenters. The Morgan fingerprint density at radius 3 is 2.85 bits per heavy atom. The van der Waals surface area contributed by atoms with Gasteiger partial charge in [-0.15, -0.1) is 0 Å². The Hall–Kier alpha value is -2.19. The molecule has 8 nitrogen and oxygen atoms in total. The van der Waals surface area contributed by atoms with E-state index >= 15 is 0 Å². The van der Waals surface area contributed by atoms with Crippen molar-refractivity contribution in [3.8, 4) is 0 Å². The monoisotopic (exact) mass is 298 g/mol. The van der Waals surface area contributed by atoms with E-state index in [4.69, 9.17) is 11.6 Å². The SMILES string of the molecule is O=C1CNC(C(=O)Nc2cc([N+](=O)[O-])ccc2Cl)CN1. The summed E-state index contributed by atoms with van der Waals surface area (Å²) in [5.41, 5.74) is -0.0147. The van der Waals surface area contributed by atoms with Crippen LogP contribution in [0.3, 0.4) is 0 Å². The molecule has 9 heteroatoms. The molecule has 0 bridgehead atoms. The number of nitro benzene ring substituents is 1. The molecule has 1 aromatic carbocycles. The summed E-state index contributed by atoms with van der Waals surface area (Å²) < 4.78 is 0. The van der Waals surface area contributed by atoms with E-state index in [1.165, 1.54) is 18.2 Å². The molecule has 2 amide bonds. The maximum absolute atomic E-state index is 12.0. The van der Waals surface area contributed by atoms with Crippen LogP contribution in [-0.2, 0) is 9.59 Å². The number of carbonyl (C=O) groups excluding carboxylic acids is 2. The van der Waals surface area contributed by atoms with Crippen molar-refractivity contribution in [2.24, 2.45) is 0 Å². The minimum Gasteiger partial charge on any atom is -0.353 e. The van der Waals surface area contributed by atoms with Crippen LogP contribution in [0.2, 0.25) is 5.02 Å². The molecule has 1 atom stereocenters. The summed E-state index contributed by atoms with van der Waals surface area (Å²) in [7, 11) is 0. The number of benzene rings is 1. The van der Waals surface area contributed by atoms with Crippen LogP contribution in [0.4, 0.5) is 11.4 Å². The van der Waals surface area contributed by atoms with Gasteiger partial charge in [-0.25, -0.2) is 0 Å². The fourth-order valence-corrected chi connectivity index (χ4v) is 1.86. The molecule has 1 fully saturated rings. The first-order valence-electron chi connectivity index (χ1n) is 5.72. The van der Waals surface area contributed by atoms with Crippen molar-refractivity contribution in [3.05, 3.63) is 33.3 Å². The summed E-state index contributed by atoms with van der Waals surface area (Å²) in [4.78, 5) is 33.0. The highest BCUT2D eigenvalue weighted by Crippen LogP contribution is 2.26. The summed E-state index contributed by atoms with van der Waals surface area (Å²) in [6, 6.07) is 3.16. The lowest BCUT2D eigenvalue weighted by Gasteiger charge is -2.23. The largest absolute Gasteiger partial charge is 0.353 e. The Balaban J connectivity index is 2.09. The number of rotatable bonds is 3. The van der Waals surface area contributed by atoms with Crippen LogP contribution in [0, 0.1) is 10.1 Å². The smallest absolute Gasteiger partial charge is 0.271 e. The molecule has 0 spiro atoms. The topological polar surface area (TPSA) is 113 Å². The second kappa shape index (κ2) is 5.85. The molecule has 20 heavy (non-hydrogen) atoms. The molecule has 1 aliphatic heterocycles. The number of nitro groups is 1. The predicted molar refractivity (Wildman–Crippen MR) is 71.5 cm³/mol. The third-order valence-electron chi connectivity index (χ3n) is 2.75. The van der Waals surface area contributed by atoms with Gasteiger partial charge in [-0.05, 0) is 6.07 Å². The summed E-state index contributed by atoms with van der Waals surface area (Å²) >= 11 is 5.88. The standard InChI is InChI=1S/C11H11ClN4O4/c12-7-2-1-6(16(19)20)3-8(7)15-11(18)9-4-14-10(17)5-13-9/h1-3,9,13H,4-5H2,(H,14,17)(H,15,18). The lowest BCUT2D eigenvalue weighted by molar-refractivity contribution is -0.384. The maximum atomic E-state index is 12.0. The van der Waals surface area contributed by atoms with Crippen molar-refractivity contribution in [2.75, 3.05) is 18.4 Å². The van der Waals surface area contributed by atoms with Gasteiger partial charge in [-0.2, -0.15) is 0 Å². The summed E-state index contributed by atoms with van der Waals surface area (Å²) in [5.74, 6) is -0.616. The number of hydrogen-bond donors (Lipinski definition) is 3. The lowest BCUT2D eigenvalue weighted by atomic mass is 10.2. The normalized spacial score (nSPS) is 18.2. The van der Waals surface area contributed by atoms with Crippen molar-refractivity contribution in [3.63, 3.8) is 0 Å². The Bertz CT molecular complexity index is 568. The molecule has 106 valence electrons. The zero-order valence-electron chi connectivity index (χ0n) is 10.2. The zero-order valence-corrected chi connectivity index (χ0v) is 10.9. The minimum absolute atomic E-state index is 0.0424. The number of amides is 2. The second-order valence-corrected chi connectivity index (χ2v) is 4.56. The number of nitrogens with zero attached hydrogens (tertiary/aromatic N) is 1. The minimum atomic E-state index is -0.608. The van der Waals surface area contributed by atoms with E-state index < -0.39 is 16.9 Å². The van der Waals surface area contributed by atoms with Gasteiger partial charge < -0.3 is 10.6 Å². The Morgan fingerprint density at radius 2 is 2.25 bits per heavy atom. The summed E-state index contributed by atoms with van der Waals surface area (Å²) in [5, 5.41) is 18.7. The molecule has 1 aromatic rings. The summed E-state index contributed by atoms with van der Waals surface area (Å²) in [6.45, 7) is 0.192. The molecule has 0 saturated carbocycles. The molecule has 0 aromatic heterocycles. The van der Waals surface area contributed by atoms with E-state index in [1.54, 1.807) is 0 Å². The Morgan fingerprint density at radius 1 is 1.50 bits per heavy atom. The van der Waals surface area contributed by atoms with Gasteiger partial charge in [-0.1, -0.05) is 11.6 Å². The Kier molecular flexibility index (Phi) is 4.16. The number of halogens is 1. The highest BCUT2D eigenvalue weighted by atomic mass is 35.5. The van der Waals surface area contributed by atoms with Crippen molar-refractivity contribution < 1.29 is 14.5 Å². The molecule has 1 heterocycles. The van der Waals surface area contributed by atoms with Crippen LogP contribution in [0.1, 0.15) is 0 Å². The van der Waals surface area contributed by atoms with Crippen LogP contribution < -0.4 is 16.0 Å². The molecule has 2 rings (SSSR count). The van der Waals surface area contributed by atoms with Crippen molar-refractivity contribution in [2.45, 2.75) is 6.04 Å². The van der Waals surface area contributed by atoms with Gasteiger partial charge in [-0.3, -0.25) is 25.0 Å². The van der Waals surface area contributed by atoms with Gasteiger partial charge in [0.1, 0.15) is 6.04 Å². The predicted octanol–water partition coefficient (Wildman–Crippen LogP) is 0.275. The number of non-ortho nitro benzene ring substituents is 1. The van der Waals surface area contributed by atoms with Gasteiger partial charge in [0.05, 0.1) is 22.2 Å². The number of piperazine rings is 1. The number of nitrogens with one attached hydrogen (secondary N) is 3. The molecule has 0 radical (unpaired) electrons. The molecule has 1 saturated heterocycles. The number of hydrogen-bond acceptors (Lipinski definition) is 5. The Labute approximate surface area is 118 Å². The van der Waals surface area contributed by atoms with Crippen LogP contribution in [0.25, 0.3) is 0 Å². The number of carbonyl (C=O) groups is 2. The van der Waals surface area contributed by atoms with Crippen molar-refractivity contribution >= 4 is 34.8 Å². The fourth-order valence-electron chi connectivity index (χ4n) is 1.69. The first-order chi connectivity index (χ1) is 9.47. The van der Waals surface area contributed by atoms with E-state index in [9.17, 15) is 19.7 Å². The average Bonchev–Trinajstić information content (AvgIpc) is 2.41. The van der Waals surface area contributed by atoms with Gasteiger partial charge >= 0.3 is 0 Å². The van der Waals surface area contributed by atoms with Crippen LogP contribution in [0.5, 0.6) is 0 Å². The average molecular weight is 299 g/mol. The van der Waals surface area contributed by atoms with E-state index in [2.05, 4.69) is 16.0 Å². The molecular formula is C11H11ClN4O4. The van der Waals surface area contributed by atoms with Crippen molar-refractivity contribution in [1.29, 1.82) is 0 Å². The molecule has 0 aliphatic carbocycles. The second-order valence-electron chi connectivity index (χ2n) is 4.15. The van der Waals surface area contributed by atoms with E-state index in [0.717, 1.165) is 0 Å². The quantitative estimate of drug-likeness (QED) is 0.548. The third kappa shape index (κ3) is 3.22. The highest BCUT2D eigenvalue weighted by Gasteiger charge is 2.24. The van der Waals surface area contributed by atoms with Gasteiger partial charge in [0, 0.05) is 18.7 Å². The molecule has 1 aliphatic rings. The van der Waals surface area contributed by atoms with Gasteiger partial charge in [0.25, 0.3) is 5.69 Å². The van der Waals surface area contributed by atoms with E-state index in [1.807, 2.05) is 0 Å². The van der Waals surface area contributed by atoms with Crippen LogP contribution in [-0.4, -0.2) is 35.9 Å². The third-order valence-corrected chi connectivity index (χ3v) is 3.08. The van der Waals surface area contributed by atoms with E-state index in [-0.39, 0.29) is 35.4 Å². The lowest BCUT2D eigenvalue weighted by Crippen LogP contribution is -2.56. The number of anilines is 1. The molecule has 3 N–H and O–H groups in total. The first kappa shape index (κ1) is 14.2.